The van der Waals surface area contributed by atoms with Crippen LogP contribution in [0.15, 0.2) is 18.3 Å². The van der Waals surface area contributed by atoms with E-state index in [0.717, 1.165) is 18.4 Å². The lowest BCUT2D eigenvalue weighted by atomic mass is 10.2. The SMILES string of the molecule is CCCCOc1ncccc1CNC(=O)C1CCCS1(=O)=O. The first-order valence-corrected chi connectivity index (χ1v) is 9.32. The molecular formula is C15H22N2O4S. The van der Waals surface area contributed by atoms with E-state index < -0.39 is 21.0 Å². The molecular weight excluding hydrogens is 304 g/mol. The molecule has 1 fully saturated rings. The molecule has 0 aliphatic carbocycles. The maximum absolute atomic E-state index is 12.1. The van der Waals surface area contributed by atoms with E-state index in [2.05, 4.69) is 17.2 Å². The van der Waals surface area contributed by atoms with E-state index in [4.69, 9.17) is 4.74 Å². The largest absolute Gasteiger partial charge is 0.477 e. The summed E-state index contributed by atoms with van der Waals surface area (Å²) in [6, 6.07) is 3.58. The van der Waals surface area contributed by atoms with Crippen LogP contribution in [0.1, 0.15) is 38.2 Å². The van der Waals surface area contributed by atoms with Crippen molar-refractivity contribution >= 4 is 15.7 Å². The van der Waals surface area contributed by atoms with Crippen molar-refractivity contribution in [3.05, 3.63) is 23.9 Å². The maximum Gasteiger partial charge on any atom is 0.238 e. The van der Waals surface area contributed by atoms with Gasteiger partial charge < -0.3 is 10.1 Å². The highest BCUT2D eigenvalue weighted by molar-refractivity contribution is 7.93. The number of carbonyl (C=O) groups is 1. The van der Waals surface area contributed by atoms with Gasteiger partial charge in [0.1, 0.15) is 5.25 Å². The Morgan fingerprint density at radius 1 is 1.50 bits per heavy atom. The number of ether oxygens (including phenoxy) is 1. The number of nitrogens with zero attached hydrogens (tertiary/aromatic N) is 1. The van der Waals surface area contributed by atoms with Crippen molar-refractivity contribution < 1.29 is 17.9 Å². The molecule has 1 aromatic rings. The lowest BCUT2D eigenvalue weighted by molar-refractivity contribution is -0.120. The van der Waals surface area contributed by atoms with Crippen LogP contribution >= 0.6 is 0 Å². The molecule has 1 aliphatic heterocycles. The number of aromatic nitrogens is 1. The topological polar surface area (TPSA) is 85.4 Å². The number of amides is 1. The Balaban J connectivity index is 1.95. The Hall–Kier alpha value is -1.63. The highest BCUT2D eigenvalue weighted by Gasteiger charge is 2.36. The van der Waals surface area contributed by atoms with Gasteiger partial charge in [0.05, 0.1) is 12.4 Å². The zero-order valence-corrected chi connectivity index (χ0v) is 13.6. The lowest BCUT2D eigenvalue weighted by Gasteiger charge is -2.13. The molecule has 22 heavy (non-hydrogen) atoms. The fraction of sp³-hybridized carbons (Fsp3) is 0.600. The van der Waals surface area contributed by atoms with Crippen molar-refractivity contribution in [2.24, 2.45) is 0 Å². The number of rotatable bonds is 7. The van der Waals surface area contributed by atoms with Gasteiger partial charge in [-0.25, -0.2) is 13.4 Å². The van der Waals surface area contributed by atoms with E-state index >= 15 is 0 Å². The molecule has 0 radical (unpaired) electrons. The molecule has 1 atom stereocenters. The van der Waals surface area contributed by atoms with Gasteiger partial charge in [0.25, 0.3) is 0 Å². The number of sulfone groups is 1. The Morgan fingerprint density at radius 3 is 3.00 bits per heavy atom. The van der Waals surface area contributed by atoms with Gasteiger partial charge in [-0.2, -0.15) is 0 Å². The fourth-order valence-corrected chi connectivity index (χ4v) is 4.17. The summed E-state index contributed by atoms with van der Waals surface area (Å²) in [5.74, 6) is 0.162. The van der Waals surface area contributed by atoms with E-state index in [1.807, 2.05) is 6.07 Å². The lowest BCUT2D eigenvalue weighted by Crippen LogP contribution is -2.37. The van der Waals surface area contributed by atoms with E-state index in [9.17, 15) is 13.2 Å². The van der Waals surface area contributed by atoms with Crippen LogP contribution in [0.4, 0.5) is 0 Å². The van der Waals surface area contributed by atoms with Crippen LogP contribution < -0.4 is 10.1 Å². The molecule has 7 heteroatoms. The van der Waals surface area contributed by atoms with Gasteiger partial charge in [-0.3, -0.25) is 4.79 Å². The minimum Gasteiger partial charge on any atom is -0.477 e. The standard InChI is InChI=1S/C15H22N2O4S/c1-2-3-9-21-15-12(6-4-8-16-15)11-17-14(18)13-7-5-10-22(13,19)20/h4,6,8,13H,2-3,5,7,9-11H2,1H3,(H,17,18). The van der Waals surface area contributed by atoms with E-state index in [1.54, 1.807) is 12.3 Å². The quantitative estimate of drug-likeness (QED) is 0.767. The van der Waals surface area contributed by atoms with Crippen LogP contribution in [0, 0.1) is 0 Å². The van der Waals surface area contributed by atoms with E-state index in [1.165, 1.54) is 0 Å². The minimum absolute atomic E-state index is 0.101. The monoisotopic (exact) mass is 326 g/mol. The molecule has 122 valence electrons. The zero-order valence-electron chi connectivity index (χ0n) is 12.7. The second kappa shape index (κ2) is 7.58. The van der Waals surface area contributed by atoms with Crippen LogP contribution in [-0.2, 0) is 21.2 Å². The van der Waals surface area contributed by atoms with Gasteiger partial charge in [-0.05, 0) is 25.3 Å². The Bertz CT molecular complexity index is 616. The summed E-state index contributed by atoms with van der Waals surface area (Å²) in [5, 5.41) is 1.78. The highest BCUT2D eigenvalue weighted by atomic mass is 32.2. The van der Waals surface area contributed by atoms with Crippen molar-refractivity contribution in [3.8, 4) is 5.88 Å². The predicted octanol–water partition coefficient (Wildman–Crippen LogP) is 1.45. The van der Waals surface area contributed by atoms with Crippen molar-refractivity contribution in [1.82, 2.24) is 10.3 Å². The smallest absolute Gasteiger partial charge is 0.238 e. The van der Waals surface area contributed by atoms with Gasteiger partial charge >= 0.3 is 0 Å². The van der Waals surface area contributed by atoms with Gasteiger partial charge in [-0.1, -0.05) is 19.4 Å². The summed E-state index contributed by atoms with van der Waals surface area (Å²) < 4.78 is 29.1. The molecule has 1 aromatic heterocycles. The van der Waals surface area contributed by atoms with E-state index in [0.29, 0.717) is 25.3 Å². The van der Waals surface area contributed by atoms with Crippen molar-refractivity contribution in [2.75, 3.05) is 12.4 Å². The molecule has 0 aromatic carbocycles. The number of hydrogen-bond donors (Lipinski definition) is 1. The van der Waals surface area contributed by atoms with Gasteiger partial charge in [-0.15, -0.1) is 0 Å². The first-order chi connectivity index (χ1) is 10.5. The molecule has 6 nitrogen and oxygen atoms in total. The molecule has 0 spiro atoms. The number of pyridine rings is 1. The van der Waals surface area contributed by atoms with Crippen LogP contribution in [0.25, 0.3) is 0 Å². The molecule has 0 saturated carbocycles. The van der Waals surface area contributed by atoms with Gasteiger partial charge in [0, 0.05) is 18.3 Å². The zero-order chi connectivity index (χ0) is 16.0. The second-order valence-corrected chi connectivity index (χ2v) is 7.69. The van der Waals surface area contributed by atoms with Gasteiger partial charge in [0.2, 0.25) is 11.8 Å². The summed E-state index contributed by atoms with van der Waals surface area (Å²) in [6.07, 6.45) is 4.55. The Kier molecular flexibility index (Phi) is 5.76. The summed E-state index contributed by atoms with van der Waals surface area (Å²) in [4.78, 5) is 16.2. The average molecular weight is 326 g/mol. The van der Waals surface area contributed by atoms with Crippen molar-refractivity contribution in [2.45, 2.75) is 44.4 Å². The predicted molar refractivity (Wildman–Crippen MR) is 83.3 cm³/mol. The third-order valence-corrected chi connectivity index (χ3v) is 5.84. The third kappa shape index (κ3) is 4.19. The normalized spacial score (nSPS) is 19.8. The van der Waals surface area contributed by atoms with Crippen LogP contribution in [0.5, 0.6) is 5.88 Å². The molecule has 1 aliphatic rings. The van der Waals surface area contributed by atoms with Crippen molar-refractivity contribution in [3.63, 3.8) is 0 Å². The molecule has 2 heterocycles. The molecule has 2 rings (SSSR count). The average Bonchev–Trinajstić information content (AvgIpc) is 2.85. The summed E-state index contributed by atoms with van der Waals surface area (Å²) in [5.41, 5.74) is 0.752. The number of carbonyl (C=O) groups excluding carboxylic acids is 1. The number of hydrogen-bond acceptors (Lipinski definition) is 5. The Labute approximate surface area is 131 Å². The van der Waals surface area contributed by atoms with Crippen LogP contribution in [0.2, 0.25) is 0 Å². The van der Waals surface area contributed by atoms with Crippen LogP contribution in [0.3, 0.4) is 0 Å². The highest BCUT2D eigenvalue weighted by Crippen LogP contribution is 2.20. The number of nitrogens with one attached hydrogen (secondary N) is 1. The maximum atomic E-state index is 12.1. The molecule has 1 unspecified atom stereocenters. The van der Waals surface area contributed by atoms with Crippen LogP contribution in [-0.4, -0.2) is 36.9 Å². The summed E-state index contributed by atoms with van der Waals surface area (Å²) in [7, 11) is -3.28. The molecule has 1 amide bonds. The minimum atomic E-state index is -3.28. The summed E-state index contributed by atoms with van der Waals surface area (Å²) in [6.45, 7) is 2.87. The first-order valence-electron chi connectivity index (χ1n) is 7.60. The second-order valence-electron chi connectivity index (χ2n) is 5.39. The molecule has 0 bridgehead atoms. The third-order valence-electron chi connectivity index (χ3n) is 3.66. The van der Waals surface area contributed by atoms with E-state index in [-0.39, 0.29) is 12.3 Å². The van der Waals surface area contributed by atoms with Gasteiger partial charge in [0.15, 0.2) is 9.84 Å². The summed E-state index contributed by atoms with van der Waals surface area (Å²) >= 11 is 0. The Morgan fingerprint density at radius 2 is 2.32 bits per heavy atom. The first kappa shape index (κ1) is 16.7. The molecule has 1 saturated heterocycles. The van der Waals surface area contributed by atoms with Crippen molar-refractivity contribution in [1.29, 1.82) is 0 Å². The number of unbranched alkanes of at least 4 members (excludes halogenated alkanes) is 1. The fourth-order valence-electron chi connectivity index (χ4n) is 2.38. The molecule has 1 N–H and O–H groups in total.